The van der Waals surface area contributed by atoms with Gasteiger partial charge in [-0.1, -0.05) is 23.2 Å². The SMILES string of the molecule is Cn1cnnc1Cn1c(=S)[nH]c2cc(Cl)c(Cl)cc21. The molecule has 98 valence electrons. The summed E-state index contributed by atoms with van der Waals surface area (Å²) in [7, 11) is 1.89. The van der Waals surface area contributed by atoms with Crippen molar-refractivity contribution in [1.29, 1.82) is 0 Å². The largest absolute Gasteiger partial charge is 0.331 e. The molecule has 0 aliphatic heterocycles. The highest BCUT2D eigenvalue weighted by atomic mass is 35.5. The first-order chi connectivity index (χ1) is 9.06. The van der Waals surface area contributed by atoms with E-state index in [4.69, 9.17) is 35.4 Å². The number of H-pyrrole nitrogens is 1. The molecule has 0 unspecified atom stereocenters. The van der Waals surface area contributed by atoms with Gasteiger partial charge in [0.05, 0.1) is 27.6 Å². The van der Waals surface area contributed by atoms with Crippen LogP contribution in [0.15, 0.2) is 18.5 Å². The number of fused-ring (bicyclic) bond motifs is 1. The second-order valence-electron chi connectivity index (χ2n) is 4.16. The highest BCUT2D eigenvalue weighted by Gasteiger charge is 2.10. The number of halogens is 2. The van der Waals surface area contributed by atoms with Crippen molar-refractivity contribution in [3.8, 4) is 0 Å². The molecule has 3 aromatic rings. The number of hydrogen-bond donors (Lipinski definition) is 1. The Kier molecular flexibility index (Phi) is 3.08. The Hall–Kier alpha value is -1.37. The quantitative estimate of drug-likeness (QED) is 0.739. The van der Waals surface area contributed by atoms with Gasteiger partial charge in [-0.3, -0.25) is 0 Å². The minimum Gasteiger partial charge on any atom is -0.331 e. The molecule has 19 heavy (non-hydrogen) atoms. The summed E-state index contributed by atoms with van der Waals surface area (Å²) in [5.41, 5.74) is 1.74. The Labute approximate surface area is 123 Å². The summed E-state index contributed by atoms with van der Waals surface area (Å²) in [5, 5.41) is 8.90. The molecule has 0 aliphatic carbocycles. The van der Waals surface area contributed by atoms with E-state index in [2.05, 4.69) is 15.2 Å². The van der Waals surface area contributed by atoms with Crippen molar-refractivity contribution in [2.45, 2.75) is 6.54 Å². The van der Waals surface area contributed by atoms with E-state index < -0.39 is 0 Å². The Bertz CT molecular complexity index is 816. The zero-order valence-corrected chi connectivity index (χ0v) is 12.2. The lowest BCUT2D eigenvalue weighted by molar-refractivity contribution is 0.705. The van der Waals surface area contributed by atoms with Crippen LogP contribution in [0.25, 0.3) is 11.0 Å². The van der Waals surface area contributed by atoms with Gasteiger partial charge in [0.15, 0.2) is 10.6 Å². The Morgan fingerprint density at radius 3 is 2.74 bits per heavy atom. The topological polar surface area (TPSA) is 51.4 Å². The fourth-order valence-corrected chi connectivity index (χ4v) is 2.49. The predicted octanol–water partition coefficient (Wildman–Crippen LogP) is 3.18. The van der Waals surface area contributed by atoms with Crippen LogP contribution in [0, 0.1) is 4.77 Å². The van der Waals surface area contributed by atoms with E-state index in [9.17, 15) is 0 Å². The molecule has 0 spiro atoms. The molecule has 1 aromatic carbocycles. The standard InChI is InChI=1S/C11H9Cl2N5S/c1-17-5-14-16-10(17)4-18-9-3-7(13)6(12)2-8(9)15-11(18)19/h2-3,5H,4H2,1H3,(H,15,19). The monoisotopic (exact) mass is 313 g/mol. The lowest BCUT2D eigenvalue weighted by atomic mass is 10.3. The molecule has 0 saturated heterocycles. The fourth-order valence-electron chi connectivity index (χ4n) is 1.90. The molecule has 0 amide bonds. The van der Waals surface area contributed by atoms with Crippen LogP contribution in [-0.4, -0.2) is 24.3 Å². The summed E-state index contributed by atoms with van der Waals surface area (Å²) in [6, 6.07) is 3.56. The number of hydrogen-bond acceptors (Lipinski definition) is 3. The van der Waals surface area contributed by atoms with Crippen LogP contribution in [-0.2, 0) is 13.6 Å². The number of aromatic nitrogens is 5. The average molecular weight is 314 g/mol. The second-order valence-corrected chi connectivity index (χ2v) is 5.36. The molecule has 2 aromatic heterocycles. The summed E-state index contributed by atoms with van der Waals surface area (Å²) in [6.07, 6.45) is 1.65. The van der Waals surface area contributed by atoms with Gasteiger partial charge in [-0.25, -0.2) is 0 Å². The van der Waals surface area contributed by atoms with Crippen molar-refractivity contribution in [2.24, 2.45) is 7.05 Å². The first-order valence-corrected chi connectivity index (χ1v) is 6.63. The van der Waals surface area contributed by atoms with E-state index >= 15 is 0 Å². The molecule has 0 saturated carbocycles. The smallest absolute Gasteiger partial charge is 0.178 e. The summed E-state index contributed by atoms with van der Waals surface area (Å²) >= 11 is 17.4. The minimum atomic E-state index is 0.495. The van der Waals surface area contributed by atoms with Crippen molar-refractivity contribution >= 4 is 46.5 Å². The minimum absolute atomic E-state index is 0.495. The molecule has 1 N–H and O–H groups in total. The molecule has 0 atom stereocenters. The van der Waals surface area contributed by atoms with Crippen molar-refractivity contribution < 1.29 is 0 Å². The summed E-state index contributed by atoms with van der Waals surface area (Å²) in [4.78, 5) is 3.10. The average Bonchev–Trinajstić information content (AvgIpc) is 2.88. The molecule has 3 rings (SSSR count). The lowest BCUT2D eigenvalue weighted by Crippen LogP contribution is -2.05. The van der Waals surface area contributed by atoms with E-state index in [1.54, 1.807) is 18.5 Å². The molecule has 0 aliphatic rings. The third-order valence-corrected chi connectivity index (χ3v) is 3.97. The maximum atomic E-state index is 6.06. The Morgan fingerprint density at radius 2 is 2.05 bits per heavy atom. The van der Waals surface area contributed by atoms with Crippen LogP contribution in [0.1, 0.15) is 5.82 Å². The fraction of sp³-hybridized carbons (Fsp3) is 0.182. The van der Waals surface area contributed by atoms with Crippen molar-refractivity contribution in [2.75, 3.05) is 0 Å². The van der Waals surface area contributed by atoms with E-state index in [0.717, 1.165) is 16.9 Å². The van der Waals surface area contributed by atoms with Crippen LogP contribution in [0.4, 0.5) is 0 Å². The van der Waals surface area contributed by atoms with Crippen LogP contribution >= 0.6 is 35.4 Å². The molecule has 0 bridgehead atoms. The van der Waals surface area contributed by atoms with Gasteiger partial charge < -0.3 is 14.1 Å². The van der Waals surface area contributed by atoms with E-state index in [0.29, 0.717) is 21.4 Å². The second kappa shape index (κ2) is 4.63. The number of benzene rings is 1. The van der Waals surface area contributed by atoms with Gasteiger partial charge in [0.2, 0.25) is 0 Å². The lowest BCUT2D eigenvalue weighted by Gasteiger charge is -2.04. The van der Waals surface area contributed by atoms with E-state index in [1.165, 1.54) is 0 Å². The van der Waals surface area contributed by atoms with E-state index in [-0.39, 0.29) is 0 Å². The summed E-state index contributed by atoms with van der Waals surface area (Å²) in [5.74, 6) is 0.808. The van der Waals surface area contributed by atoms with Crippen LogP contribution < -0.4 is 0 Å². The van der Waals surface area contributed by atoms with Gasteiger partial charge in [-0.2, -0.15) is 0 Å². The zero-order valence-electron chi connectivity index (χ0n) is 9.89. The molecule has 5 nitrogen and oxygen atoms in total. The molecule has 2 heterocycles. The van der Waals surface area contributed by atoms with Crippen molar-refractivity contribution in [3.63, 3.8) is 0 Å². The maximum Gasteiger partial charge on any atom is 0.178 e. The Balaban J connectivity index is 2.18. The van der Waals surface area contributed by atoms with Crippen molar-refractivity contribution in [3.05, 3.63) is 39.1 Å². The molecular formula is C11H9Cl2N5S. The highest BCUT2D eigenvalue weighted by Crippen LogP contribution is 2.27. The normalized spacial score (nSPS) is 11.3. The number of nitrogens with zero attached hydrogens (tertiary/aromatic N) is 4. The van der Waals surface area contributed by atoms with Gasteiger partial charge in [0, 0.05) is 7.05 Å². The maximum absolute atomic E-state index is 6.06. The van der Waals surface area contributed by atoms with Gasteiger partial charge in [-0.05, 0) is 24.4 Å². The predicted molar refractivity (Wildman–Crippen MR) is 77.2 cm³/mol. The molecule has 8 heteroatoms. The number of aryl methyl sites for hydroxylation is 1. The van der Waals surface area contributed by atoms with Gasteiger partial charge >= 0.3 is 0 Å². The summed E-state index contributed by atoms with van der Waals surface area (Å²) < 4.78 is 4.35. The van der Waals surface area contributed by atoms with Crippen LogP contribution in [0.3, 0.4) is 0 Å². The van der Waals surface area contributed by atoms with Crippen molar-refractivity contribution in [1.82, 2.24) is 24.3 Å². The van der Waals surface area contributed by atoms with Gasteiger partial charge in [0.1, 0.15) is 6.33 Å². The number of aromatic amines is 1. The molecule has 0 radical (unpaired) electrons. The number of nitrogens with one attached hydrogen (secondary N) is 1. The van der Waals surface area contributed by atoms with Gasteiger partial charge in [-0.15, -0.1) is 10.2 Å². The Morgan fingerprint density at radius 1 is 1.32 bits per heavy atom. The number of imidazole rings is 1. The van der Waals surface area contributed by atoms with Crippen LogP contribution in [0.5, 0.6) is 0 Å². The molecular weight excluding hydrogens is 305 g/mol. The number of rotatable bonds is 2. The highest BCUT2D eigenvalue weighted by molar-refractivity contribution is 7.71. The summed E-state index contributed by atoms with van der Waals surface area (Å²) in [6.45, 7) is 0.521. The first-order valence-electron chi connectivity index (χ1n) is 5.46. The van der Waals surface area contributed by atoms with Crippen LogP contribution in [0.2, 0.25) is 10.0 Å². The first kappa shape index (κ1) is 12.7. The van der Waals surface area contributed by atoms with E-state index in [1.807, 2.05) is 16.2 Å². The third-order valence-electron chi connectivity index (χ3n) is 2.92. The zero-order chi connectivity index (χ0) is 13.6. The van der Waals surface area contributed by atoms with Gasteiger partial charge in [0.25, 0.3) is 0 Å². The third kappa shape index (κ3) is 2.16. The molecule has 0 fully saturated rings.